The average molecular weight is 309 g/mol. The molecule has 0 aliphatic rings. The lowest BCUT2D eigenvalue weighted by atomic mass is 10.2. The quantitative estimate of drug-likeness (QED) is 0.726. The Bertz CT molecular complexity index is 849. The first-order valence-electron chi connectivity index (χ1n) is 6.69. The number of hydrogen-bond acceptors (Lipinski definition) is 7. The van der Waals surface area contributed by atoms with E-state index in [0.29, 0.717) is 17.3 Å². The SMILES string of the molecule is [3H]n1ccc(OCc2c(CC)nsc2-n2nnn(C)c2=O)n1. The van der Waals surface area contributed by atoms with E-state index >= 15 is 0 Å². The van der Waals surface area contributed by atoms with Crippen molar-refractivity contribution in [3.63, 3.8) is 0 Å². The number of ether oxygens (including phenoxy) is 1. The first-order valence-corrected chi connectivity index (χ1v) is 7.02. The predicted octanol–water partition coefficient (Wildman–Crippen LogP) is 0.287. The molecule has 21 heavy (non-hydrogen) atoms. The molecule has 0 fully saturated rings. The molecule has 0 atom stereocenters. The van der Waals surface area contributed by atoms with E-state index in [1.807, 2.05) is 6.92 Å². The third kappa shape index (κ3) is 2.44. The summed E-state index contributed by atoms with van der Waals surface area (Å²) in [5.41, 5.74) is 1.26. The van der Waals surface area contributed by atoms with Crippen molar-refractivity contribution in [3.05, 3.63) is 34.0 Å². The number of rotatable bonds is 5. The summed E-state index contributed by atoms with van der Waals surface area (Å²) in [5, 5.41) is 12.9. The number of nitrogens with zero attached hydrogens (tertiary/aromatic N) is 6. The van der Waals surface area contributed by atoms with Gasteiger partial charge in [0.1, 0.15) is 6.61 Å². The second-order valence-corrected chi connectivity index (χ2v) is 4.97. The Morgan fingerprint density at radius 1 is 1.52 bits per heavy atom. The molecule has 110 valence electrons. The number of aromatic amines is 1. The Balaban J connectivity index is 1.93. The maximum Gasteiger partial charge on any atom is 0.369 e. The third-order valence-electron chi connectivity index (χ3n) is 2.90. The molecule has 0 bridgehead atoms. The van der Waals surface area contributed by atoms with Crippen LogP contribution >= 0.6 is 11.5 Å². The van der Waals surface area contributed by atoms with Crippen molar-refractivity contribution in [3.8, 4) is 10.9 Å². The van der Waals surface area contributed by atoms with Gasteiger partial charge in [-0.05, 0) is 28.4 Å². The standard InChI is InChI=1S/C11H13N7O2S/c1-3-8-7(6-20-9-4-5-12-13-9)10(21-14-8)18-11(19)17(2)15-16-18/h4-5H,3,6H2,1-2H3,(H,12,13)/i/hT. The lowest BCUT2D eigenvalue weighted by Gasteiger charge is -2.04. The maximum atomic E-state index is 12.0. The molecule has 0 saturated heterocycles. The van der Waals surface area contributed by atoms with Crippen molar-refractivity contribution in [2.24, 2.45) is 7.05 Å². The second kappa shape index (κ2) is 5.48. The van der Waals surface area contributed by atoms with Gasteiger partial charge in [-0.1, -0.05) is 6.92 Å². The van der Waals surface area contributed by atoms with Crippen molar-refractivity contribution >= 4 is 11.5 Å². The fourth-order valence-corrected chi connectivity index (χ4v) is 2.72. The van der Waals surface area contributed by atoms with Crippen LogP contribution in [-0.2, 0) is 20.1 Å². The Morgan fingerprint density at radius 3 is 3.00 bits per heavy atom. The van der Waals surface area contributed by atoms with Gasteiger partial charge in [0.15, 0.2) is 6.41 Å². The van der Waals surface area contributed by atoms with Gasteiger partial charge in [0.2, 0.25) is 5.88 Å². The minimum absolute atomic E-state index is 0.190. The van der Waals surface area contributed by atoms with Gasteiger partial charge in [0, 0.05) is 24.9 Å². The van der Waals surface area contributed by atoms with Gasteiger partial charge >= 0.3 is 5.69 Å². The van der Waals surface area contributed by atoms with Crippen LogP contribution in [0.4, 0.5) is 0 Å². The van der Waals surface area contributed by atoms with Crippen LogP contribution in [-0.4, -0.2) is 34.4 Å². The van der Waals surface area contributed by atoms with Crippen molar-refractivity contribution < 1.29 is 6.15 Å². The van der Waals surface area contributed by atoms with Gasteiger partial charge in [-0.25, -0.2) is 4.79 Å². The predicted molar refractivity (Wildman–Crippen MR) is 74.6 cm³/mol. The number of tetrazole rings is 1. The molecule has 0 aliphatic carbocycles. The molecule has 3 heterocycles. The first-order chi connectivity index (χ1) is 10.6. The molecule has 10 heteroatoms. The van der Waals surface area contributed by atoms with Crippen LogP contribution < -0.4 is 10.4 Å². The fraction of sp³-hybridized carbons (Fsp3) is 0.364. The highest BCUT2D eigenvalue weighted by Gasteiger charge is 2.19. The number of hydrogen-bond donors (Lipinski definition) is 1. The molecule has 0 unspecified atom stereocenters. The summed E-state index contributed by atoms with van der Waals surface area (Å²) in [5.74, 6) is 0.334. The average Bonchev–Trinajstić information content (AvgIpc) is 3.18. The van der Waals surface area contributed by atoms with E-state index in [-0.39, 0.29) is 12.3 Å². The molecule has 0 radical (unpaired) electrons. The third-order valence-corrected chi connectivity index (χ3v) is 3.81. The molecule has 3 aromatic heterocycles. The Hall–Kier alpha value is -2.49. The van der Waals surface area contributed by atoms with E-state index in [2.05, 4.69) is 19.9 Å². The molecule has 1 N–H and O–H groups in total. The topological polar surface area (TPSA) is 104 Å². The Labute approximate surface area is 124 Å². The number of aromatic nitrogens is 7. The van der Waals surface area contributed by atoms with Crippen molar-refractivity contribution in [2.45, 2.75) is 20.0 Å². The largest absolute Gasteiger partial charge is 0.472 e. The monoisotopic (exact) mass is 309 g/mol. The van der Waals surface area contributed by atoms with Crippen LogP contribution in [0.3, 0.4) is 0 Å². The zero-order chi connectivity index (χ0) is 15.7. The highest BCUT2D eigenvalue weighted by Crippen LogP contribution is 2.23. The molecule has 0 saturated carbocycles. The van der Waals surface area contributed by atoms with Gasteiger partial charge < -0.3 is 4.74 Å². The van der Waals surface area contributed by atoms with E-state index in [9.17, 15) is 4.79 Å². The lowest BCUT2D eigenvalue weighted by Crippen LogP contribution is -2.22. The van der Waals surface area contributed by atoms with E-state index in [0.717, 1.165) is 21.0 Å². The summed E-state index contributed by atoms with van der Waals surface area (Å²) in [6, 6.07) is 1.59. The summed E-state index contributed by atoms with van der Waals surface area (Å²) >= 11 is 1.18. The van der Waals surface area contributed by atoms with E-state index in [1.54, 1.807) is 6.07 Å². The smallest absolute Gasteiger partial charge is 0.369 e. The summed E-state index contributed by atoms with van der Waals surface area (Å²) < 4.78 is 19.6. The number of nitrogens with one attached hydrogen (secondary N) is 1. The first kappa shape index (κ1) is 12.3. The van der Waals surface area contributed by atoms with Gasteiger partial charge in [0.25, 0.3) is 0 Å². The maximum absolute atomic E-state index is 12.0. The lowest BCUT2D eigenvalue weighted by molar-refractivity contribution is 0.292. The molecule has 3 aromatic rings. The molecular formula is C11H13N7O2S. The molecular weight excluding hydrogens is 294 g/mol. The molecule has 0 spiro atoms. The van der Waals surface area contributed by atoms with Crippen LogP contribution in [0.1, 0.15) is 18.2 Å². The van der Waals surface area contributed by atoms with Crippen molar-refractivity contribution in [1.29, 1.82) is 0 Å². The molecule has 0 aliphatic heterocycles. The number of H-pyrrole nitrogens is 1. The minimum Gasteiger partial charge on any atom is -0.472 e. The second-order valence-electron chi connectivity index (χ2n) is 4.22. The van der Waals surface area contributed by atoms with E-state index < -0.39 is 0 Å². The Morgan fingerprint density at radius 2 is 2.38 bits per heavy atom. The van der Waals surface area contributed by atoms with Gasteiger partial charge in [0.05, 0.1) is 5.69 Å². The van der Waals surface area contributed by atoms with Crippen LogP contribution in [0, 0.1) is 0 Å². The summed E-state index contributed by atoms with van der Waals surface area (Å²) in [4.78, 5) is 12.0. The van der Waals surface area contributed by atoms with E-state index in [4.69, 9.17) is 6.15 Å². The van der Waals surface area contributed by atoms with Crippen molar-refractivity contribution in [2.75, 3.05) is 0 Å². The van der Waals surface area contributed by atoms with Gasteiger partial charge in [-0.3, -0.25) is 5.09 Å². The normalized spacial score (nSPS) is 11.6. The van der Waals surface area contributed by atoms with Crippen LogP contribution in [0.15, 0.2) is 17.1 Å². The molecule has 3 rings (SSSR count). The zero-order valence-electron chi connectivity index (χ0n) is 12.4. The van der Waals surface area contributed by atoms with E-state index in [1.165, 1.54) is 29.5 Å². The summed E-state index contributed by atoms with van der Waals surface area (Å²) in [7, 11) is 1.53. The summed E-state index contributed by atoms with van der Waals surface area (Å²) in [6.45, 7) is 2.16. The van der Waals surface area contributed by atoms with Crippen LogP contribution in [0.25, 0.3) is 5.00 Å². The highest BCUT2D eigenvalue weighted by molar-refractivity contribution is 7.08. The highest BCUT2D eigenvalue weighted by atomic mass is 32.1. The number of aryl methyl sites for hydroxylation is 2. The van der Waals surface area contributed by atoms with Crippen molar-refractivity contribution in [1.82, 2.24) is 34.4 Å². The Kier molecular flexibility index (Phi) is 3.20. The molecule has 0 amide bonds. The minimum atomic E-state index is -0.344. The molecule has 9 nitrogen and oxygen atoms in total. The van der Waals surface area contributed by atoms with Gasteiger partial charge in [-0.15, -0.1) is 9.78 Å². The fourth-order valence-electron chi connectivity index (χ4n) is 1.81. The summed E-state index contributed by atoms with van der Waals surface area (Å²) in [6.07, 6.45) is 2.17. The molecule has 0 aromatic carbocycles. The van der Waals surface area contributed by atoms with Crippen LogP contribution in [0.2, 0.25) is 1.41 Å². The van der Waals surface area contributed by atoms with Crippen LogP contribution in [0.5, 0.6) is 5.88 Å². The van der Waals surface area contributed by atoms with Gasteiger partial charge in [-0.2, -0.15) is 9.06 Å². The zero-order valence-corrected chi connectivity index (χ0v) is 12.2.